The smallest absolute Gasteiger partial charge is 0.324 e. The van der Waals surface area contributed by atoms with E-state index in [-0.39, 0.29) is 11.7 Å². The van der Waals surface area contributed by atoms with Crippen molar-refractivity contribution in [3.63, 3.8) is 0 Å². The molecule has 1 aromatic carbocycles. The lowest BCUT2D eigenvalue weighted by molar-refractivity contribution is -0.137. The van der Waals surface area contributed by atoms with Gasteiger partial charge in [-0.1, -0.05) is 27.7 Å². The van der Waals surface area contributed by atoms with Crippen molar-refractivity contribution in [3.8, 4) is 0 Å². The number of rotatable bonds is 4. The van der Waals surface area contributed by atoms with Gasteiger partial charge in [0.15, 0.2) is 0 Å². The van der Waals surface area contributed by atoms with Crippen molar-refractivity contribution < 1.29 is 18.0 Å². The minimum Gasteiger partial charge on any atom is -0.324 e. The van der Waals surface area contributed by atoms with Gasteiger partial charge in [0.2, 0.25) is 5.91 Å². The Kier molecular flexibility index (Phi) is 6.10. The van der Waals surface area contributed by atoms with Crippen LogP contribution in [0.2, 0.25) is 0 Å². The third-order valence-corrected chi connectivity index (χ3v) is 4.75. The Hall–Kier alpha value is -1.06. The molecule has 0 aliphatic carbocycles. The van der Waals surface area contributed by atoms with E-state index in [4.69, 9.17) is 0 Å². The maximum Gasteiger partial charge on any atom is 0.417 e. The van der Waals surface area contributed by atoms with Gasteiger partial charge in [0.1, 0.15) is 0 Å². The lowest BCUT2D eigenvalue weighted by atomic mass is 10.3. The Morgan fingerprint density at radius 2 is 1.96 bits per heavy atom. The third kappa shape index (κ3) is 5.50. The average Bonchev–Trinajstić information content (AvgIpc) is 2.48. The number of hydrogen-bond acceptors (Lipinski definition) is 3. The Bertz CT molecular complexity index is 708. The summed E-state index contributed by atoms with van der Waals surface area (Å²) in [6, 6.07) is 7.53. The van der Waals surface area contributed by atoms with Gasteiger partial charge in [-0.25, -0.2) is 4.98 Å². The molecule has 23 heavy (non-hydrogen) atoms. The summed E-state index contributed by atoms with van der Waals surface area (Å²) in [5.41, 5.74) is -0.213. The number of pyridine rings is 1. The van der Waals surface area contributed by atoms with Crippen molar-refractivity contribution in [2.24, 2.45) is 0 Å². The molecule has 0 radical (unpaired) electrons. The highest BCUT2D eigenvalue weighted by molar-refractivity contribution is 9.11. The van der Waals surface area contributed by atoms with Gasteiger partial charge in [0, 0.05) is 15.1 Å². The summed E-state index contributed by atoms with van der Waals surface area (Å²) in [7, 11) is 0. The number of nitrogens with one attached hydrogen (secondary N) is 1. The van der Waals surface area contributed by atoms with Crippen LogP contribution in [0.15, 0.2) is 50.5 Å². The van der Waals surface area contributed by atoms with E-state index < -0.39 is 11.7 Å². The minimum atomic E-state index is -4.42. The molecule has 1 aromatic heterocycles. The highest BCUT2D eigenvalue weighted by Gasteiger charge is 2.30. The highest BCUT2D eigenvalue weighted by Crippen LogP contribution is 2.30. The van der Waals surface area contributed by atoms with E-state index in [0.717, 1.165) is 33.0 Å². The van der Waals surface area contributed by atoms with Gasteiger partial charge < -0.3 is 5.32 Å². The Labute approximate surface area is 151 Å². The van der Waals surface area contributed by atoms with E-state index in [9.17, 15) is 18.0 Å². The van der Waals surface area contributed by atoms with Crippen molar-refractivity contribution in [1.29, 1.82) is 0 Å². The molecule has 1 N–H and O–H groups in total. The van der Waals surface area contributed by atoms with Crippen LogP contribution in [0, 0.1) is 0 Å². The summed E-state index contributed by atoms with van der Waals surface area (Å²) in [4.78, 5) is 15.6. The van der Waals surface area contributed by atoms with Crippen LogP contribution < -0.4 is 5.32 Å². The van der Waals surface area contributed by atoms with E-state index in [1.54, 1.807) is 12.1 Å². The predicted molar refractivity (Wildman–Crippen MR) is 90.4 cm³/mol. The van der Waals surface area contributed by atoms with Crippen molar-refractivity contribution in [3.05, 3.63) is 51.0 Å². The molecule has 0 aliphatic heterocycles. The van der Waals surface area contributed by atoms with Crippen LogP contribution in [0.1, 0.15) is 5.56 Å². The first kappa shape index (κ1) is 18.3. The van der Waals surface area contributed by atoms with E-state index in [2.05, 4.69) is 42.2 Å². The molecule has 2 aromatic rings. The minimum absolute atomic E-state index is 0.0390. The fourth-order valence-corrected chi connectivity index (χ4v) is 2.90. The van der Waals surface area contributed by atoms with Gasteiger partial charge in [0.25, 0.3) is 0 Å². The number of benzene rings is 1. The summed E-state index contributed by atoms with van der Waals surface area (Å²) >= 11 is 7.69. The van der Waals surface area contributed by atoms with Crippen LogP contribution in [0.3, 0.4) is 0 Å². The molecule has 0 aliphatic rings. The van der Waals surface area contributed by atoms with E-state index in [1.807, 2.05) is 6.07 Å². The number of carbonyl (C=O) groups is 1. The lowest BCUT2D eigenvalue weighted by Crippen LogP contribution is -2.14. The zero-order valence-corrected chi connectivity index (χ0v) is 15.3. The summed E-state index contributed by atoms with van der Waals surface area (Å²) in [5, 5.41) is 3.06. The van der Waals surface area contributed by atoms with Crippen LogP contribution in [-0.4, -0.2) is 16.6 Å². The van der Waals surface area contributed by atoms with Gasteiger partial charge in [0.05, 0.1) is 22.0 Å². The van der Waals surface area contributed by atoms with Gasteiger partial charge in [-0.15, -0.1) is 0 Å². The first-order valence-corrected chi connectivity index (χ1v) is 8.74. The van der Waals surface area contributed by atoms with Crippen LogP contribution in [-0.2, 0) is 11.0 Å². The molecule has 0 bridgehead atoms. The van der Waals surface area contributed by atoms with Crippen molar-refractivity contribution in [1.82, 2.24) is 4.98 Å². The topological polar surface area (TPSA) is 42.0 Å². The second-order valence-electron chi connectivity index (χ2n) is 4.34. The second-order valence-corrected chi connectivity index (χ2v) is 7.11. The fourth-order valence-electron chi connectivity index (χ4n) is 1.55. The molecule has 3 nitrogen and oxygen atoms in total. The van der Waals surface area contributed by atoms with Gasteiger partial charge >= 0.3 is 6.18 Å². The molecule has 122 valence electrons. The number of halogens is 5. The number of carbonyl (C=O) groups excluding carboxylic acids is 1. The molecular weight excluding hydrogens is 461 g/mol. The van der Waals surface area contributed by atoms with E-state index in [0.29, 0.717) is 10.7 Å². The van der Waals surface area contributed by atoms with E-state index in [1.165, 1.54) is 6.07 Å². The van der Waals surface area contributed by atoms with Crippen molar-refractivity contribution in [2.45, 2.75) is 11.2 Å². The number of thioether (sulfide) groups is 1. The molecule has 9 heteroatoms. The maximum absolute atomic E-state index is 12.4. The zero-order valence-electron chi connectivity index (χ0n) is 11.3. The zero-order chi connectivity index (χ0) is 17.0. The molecule has 2 rings (SSSR count). The number of aromatic nitrogens is 1. The predicted octanol–water partition coefficient (Wildman–Crippen LogP) is 5.36. The molecule has 0 saturated heterocycles. The maximum atomic E-state index is 12.4. The van der Waals surface area contributed by atoms with Gasteiger partial charge in [-0.3, -0.25) is 4.79 Å². The van der Waals surface area contributed by atoms with Crippen LogP contribution in [0.25, 0.3) is 0 Å². The molecular formula is C14H9Br2F3N2OS. The number of nitrogens with zero attached hydrogens (tertiary/aromatic N) is 1. The van der Waals surface area contributed by atoms with Crippen molar-refractivity contribution >= 4 is 55.2 Å². The third-order valence-electron chi connectivity index (χ3n) is 2.62. The molecule has 0 fully saturated rings. The largest absolute Gasteiger partial charge is 0.417 e. The Morgan fingerprint density at radius 3 is 2.57 bits per heavy atom. The standard InChI is InChI=1S/C14H9Br2F3N2OS/c15-9-2-3-10(16)11(5-9)21-12(22)7-23-13-4-1-8(6-20-13)14(17,18)19/h1-6H,7H2,(H,21,22). The highest BCUT2D eigenvalue weighted by atomic mass is 79.9. The van der Waals surface area contributed by atoms with E-state index >= 15 is 0 Å². The van der Waals surface area contributed by atoms with Crippen LogP contribution in [0.5, 0.6) is 0 Å². The molecule has 0 atom stereocenters. The Morgan fingerprint density at radius 1 is 1.22 bits per heavy atom. The summed E-state index contributed by atoms with van der Waals surface area (Å²) in [5.74, 6) is -0.243. The van der Waals surface area contributed by atoms with Gasteiger partial charge in [-0.05, 0) is 46.3 Å². The number of anilines is 1. The fraction of sp³-hybridized carbons (Fsp3) is 0.143. The summed E-state index contributed by atoms with van der Waals surface area (Å²) < 4.78 is 38.8. The summed E-state index contributed by atoms with van der Waals surface area (Å²) in [6.07, 6.45) is -3.66. The van der Waals surface area contributed by atoms with Gasteiger partial charge in [-0.2, -0.15) is 13.2 Å². The number of amides is 1. The SMILES string of the molecule is O=C(CSc1ccc(C(F)(F)F)cn1)Nc1cc(Br)ccc1Br. The quantitative estimate of drug-likeness (QED) is 0.613. The first-order chi connectivity index (χ1) is 10.8. The lowest BCUT2D eigenvalue weighted by Gasteiger charge is -2.08. The molecule has 1 amide bonds. The molecule has 0 spiro atoms. The number of hydrogen-bond donors (Lipinski definition) is 1. The monoisotopic (exact) mass is 468 g/mol. The second kappa shape index (κ2) is 7.67. The van der Waals surface area contributed by atoms with Crippen LogP contribution in [0.4, 0.5) is 18.9 Å². The summed E-state index contributed by atoms with van der Waals surface area (Å²) in [6.45, 7) is 0. The molecule has 0 saturated carbocycles. The first-order valence-electron chi connectivity index (χ1n) is 6.16. The normalized spacial score (nSPS) is 11.3. The van der Waals surface area contributed by atoms with Crippen molar-refractivity contribution in [2.75, 3.05) is 11.1 Å². The molecule has 0 unspecified atom stereocenters. The average molecular weight is 470 g/mol. The molecule has 1 heterocycles. The Balaban J connectivity index is 1.93. The van der Waals surface area contributed by atoms with Crippen LogP contribution >= 0.6 is 43.6 Å². The number of alkyl halides is 3.